The van der Waals surface area contributed by atoms with E-state index >= 15 is 0 Å². The number of ether oxygens (including phenoxy) is 2. The summed E-state index contributed by atoms with van der Waals surface area (Å²) >= 11 is 0. The number of nitrogens with one attached hydrogen (secondary N) is 1. The van der Waals surface area contributed by atoms with Gasteiger partial charge in [0.15, 0.2) is 0 Å². The molecule has 0 radical (unpaired) electrons. The van der Waals surface area contributed by atoms with E-state index in [4.69, 9.17) is 14.6 Å². The molecule has 0 saturated carbocycles. The van der Waals surface area contributed by atoms with Crippen LogP contribution < -0.4 is 10.1 Å². The van der Waals surface area contributed by atoms with Crippen LogP contribution in [-0.4, -0.2) is 42.8 Å². The SMILES string of the molecule is COc1ccc(CCCC(=O)NC2(CC(=O)O)CCOC2)cc1. The van der Waals surface area contributed by atoms with Crippen molar-refractivity contribution in [2.45, 2.75) is 37.6 Å². The van der Waals surface area contributed by atoms with Gasteiger partial charge in [-0.3, -0.25) is 9.59 Å². The summed E-state index contributed by atoms with van der Waals surface area (Å²) in [6.45, 7) is 0.753. The summed E-state index contributed by atoms with van der Waals surface area (Å²) in [5.41, 5.74) is 0.395. The van der Waals surface area contributed by atoms with Crippen LogP contribution in [0, 0.1) is 0 Å². The molecule has 1 heterocycles. The van der Waals surface area contributed by atoms with Crippen molar-refractivity contribution in [2.75, 3.05) is 20.3 Å². The summed E-state index contributed by atoms with van der Waals surface area (Å²) in [4.78, 5) is 23.1. The van der Waals surface area contributed by atoms with Crippen LogP contribution in [-0.2, 0) is 20.7 Å². The lowest BCUT2D eigenvalue weighted by Gasteiger charge is -2.27. The highest BCUT2D eigenvalue weighted by molar-refractivity contribution is 5.78. The molecular weight excluding hydrogens is 298 g/mol. The maximum atomic E-state index is 12.1. The predicted octanol–water partition coefficient (Wildman–Crippen LogP) is 1.77. The number of carboxylic acid groups (broad SMARTS) is 1. The Kier molecular flexibility index (Phi) is 5.98. The Morgan fingerprint density at radius 2 is 2.09 bits per heavy atom. The zero-order valence-electron chi connectivity index (χ0n) is 13.3. The predicted molar refractivity (Wildman–Crippen MR) is 84.5 cm³/mol. The maximum absolute atomic E-state index is 12.1. The third-order valence-electron chi connectivity index (χ3n) is 4.03. The summed E-state index contributed by atoms with van der Waals surface area (Å²) < 4.78 is 10.4. The smallest absolute Gasteiger partial charge is 0.305 e. The van der Waals surface area contributed by atoms with E-state index in [0.29, 0.717) is 25.9 Å². The molecule has 2 N–H and O–H groups in total. The van der Waals surface area contributed by atoms with Gasteiger partial charge in [-0.15, -0.1) is 0 Å². The largest absolute Gasteiger partial charge is 0.497 e. The molecule has 126 valence electrons. The van der Waals surface area contributed by atoms with Crippen LogP contribution in [0.25, 0.3) is 0 Å². The van der Waals surface area contributed by atoms with Crippen LogP contribution in [0.4, 0.5) is 0 Å². The molecule has 1 fully saturated rings. The van der Waals surface area contributed by atoms with Gasteiger partial charge in [-0.2, -0.15) is 0 Å². The quantitative estimate of drug-likeness (QED) is 0.762. The number of hydrogen-bond acceptors (Lipinski definition) is 4. The molecule has 1 aromatic rings. The van der Waals surface area contributed by atoms with Gasteiger partial charge < -0.3 is 19.9 Å². The number of aryl methyl sites for hydroxylation is 1. The van der Waals surface area contributed by atoms with Crippen molar-refractivity contribution in [1.29, 1.82) is 0 Å². The van der Waals surface area contributed by atoms with Crippen LogP contribution in [0.3, 0.4) is 0 Å². The molecular formula is C17H23NO5. The molecule has 2 rings (SSSR count). The summed E-state index contributed by atoms with van der Waals surface area (Å²) in [7, 11) is 1.62. The monoisotopic (exact) mass is 321 g/mol. The van der Waals surface area contributed by atoms with Gasteiger partial charge in [-0.05, 0) is 37.0 Å². The third-order valence-corrected chi connectivity index (χ3v) is 4.03. The Balaban J connectivity index is 1.78. The number of benzene rings is 1. The Bertz CT molecular complexity index is 534. The number of methoxy groups -OCH3 is 1. The van der Waals surface area contributed by atoms with E-state index in [0.717, 1.165) is 17.7 Å². The van der Waals surface area contributed by atoms with Crippen LogP contribution >= 0.6 is 0 Å². The van der Waals surface area contributed by atoms with E-state index in [1.54, 1.807) is 7.11 Å². The van der Waals surface area contributed by atoms with Gasteiger partial charge in [0.1, 0.15) is 5.75 Å². The van der Waals surface area contributed by atoms with Gasteiger partial charge in [-0.25, -0.2) is 0 Å². The molecule has 6 nitrogen and oxygen atoms in total. The van der Waals surface area contributed by atoms with Gasteiger partial charge in [0, 0.05) is 13.0 Å². The number of rotatable bonds is 8. The van der Waals surface area contributed by atoms with E-state index in [-0.39, 0.29) is 18.9 Å². The lowest BCUT2D eigenvalue weighted by atomic mass is 9.94. The van der Waals surface area contributed by atoms with E-state index in [9.17, 15) is 9.59 Å². The van der Waals surface area contributed by atoms with Gasteiger partial charge >= 0.3 is 5.97 Å². The van der Waals surface area contributed by atoms with Crippen LogP contribution in [0.5, 0.6) is 5.75 Å². The van der Waals surface area contributed by atoms with Crippen LogP contribution in [0.2, 0.25) is 0 Å². The molecule has 1 atom stereocenters. The molecule has 0 aromatic heterocycles. The average Bonchev–Trinajstić information content (AvgIpc) is 2.95. The Labute approximate surface area is 135 Å². The Morgan fingerprint density at radius 1 is 1.35 bits per heavy atom. The first-order chi connectivity index (χ1) is 11.0. The van der Waals surface area contributed by atoms with E-state index in [1.165, 1.54) is 0 Å². The van der Waals surface area contributed by atoms with Crippen molar-refractivity contribution in [3.05, 3.63) is 29.8 Å². The number of aliphatic carboxylic acids is 1. The van der Waals surface area contributed by atoms with Gasteiger partial charge in [0.25, 0.3) is 0 Å². The molecule has 1 amide bonds. The lowest BCUT2D eigenvalue weighted by molar-refractivity contribution is -0.139. The van der Waals surface area contributed by atoms with Crippen molar-refractivity contribution in [3.8, 4) is 5.75 Å². The first-order valence-corrected chi connectivity index (χ1v) is 7.76. The van der Waals surface area contributed by atoms with Crippen LogP contribution in [0.15, 0.2) is 24.3 Å². The minimum absolute atomic E-state index is 0.1000. The first kappa shape index (κ1) is 17.3. The second kappa shape index (κ2) is 7.97. The minimum Gasteiger partial charge on any atom is -0.497 e. The summed E-state index contributed by atoms with van der Waals surface area (Å²) in [6.07, 6.45) is 2.32. The number of amides is 1. The highest BCUT2D eigenvalue weighted by atomic mass is 16.5. The third kappa shape index (κ3) is 5.25. The average molecular weight is 321 g/mol. The van der Waals surface area contributed by atoms with Crippen LogP contribution in [0.1, 0.15) is 31.2 Å². The number of carboxylic acids is 1. The first-order valence-electron chi connectivity index (χ1n) is 7.76. The molecule has 1 unspecified atom stereocenters. The van der Waals surface area contributed by atoms with Crippen molar-refractivity contribution in [2.24, 2.45) is 0 Å². The molecule has 0 aliphatic carbocycles. The van der Waals surface area contributed by atoms with Crippen molar-refractivity contribution < 1.29 is 24.2 Å². The normalized spacial score (nSPS) is 20.2. The molecule has 1 aliphatic heterocycles. The second-order valence-corrected chi connectivity index (χ2v) is 5.90. The van der Waals surface area contributed by atoms with E-state index in [1.807, 2.05) is 24.3 Å². The van der Waals surface area contributed by atoms with Crippen molar-refractivity contribution in [1.82, 2.24) is 5.32 Å². The van der Waals surface area contributed by atoms with Crippen molar-refractivity contribution in [3.63, 3.8) is 0 Å². The topological polar surface area (TPSA) is 84.9 Å². The fourth-order valence-electron chi connectivity index (χ4n) is 2.78. The zero-order valence-corrected chi connectivity index (χ0v) is 13.3. The fourth-order valence-corrected chi connectivity index (χ4v) is 2.78. The molecule has 1 aliphatic rings. The molecule has 0 bridgehead atoms. The fraction of sp³-hybridized carbons (Fsp3) is 0.529. The summed E-state index contributed by atoms with van der Waals surface area (Å²) in [5, 5.41) is 11.9. The van der Waals surface area contributed by atoms with Gasteiger partial charge in [0.2, 0.25) is 5.91 Å². The number of carbonyl (C=O) groups excluding carboxylic acids is 1. The second-order valence-electron chi connectivity index (χ2n) is 5.90. The van der Waals surface area contributed by atoms with E-state index < -0.39 is 11.5 Å². The molecule has 6 heteroatoms. The summed E-state index contributed by atoms with van der Waals surface area (Å²) in [5.74, 6) is -0.234. The Morgan fingerprint density at radius 3 is 2.65 bits per heavy atom. The van der Waals surface area contributed by atoms with Crippen molar-refractivity contribution >= 4 is 11.9 Å². The molecule has 0 spiro atoms. The standard InChI is InChI=1S/C17H23NO5/c1-22-14-7-5-13(6-8-14)3-2-4-15(19)18-17(11-16(20)21)9-10-23-12-17/h5-8H,2-4,9-12H2,1H3,(H,18,19)(H,20,21). The zero-order chi connectivity index (χ0) is 16.7. The maximum Gasteiger partial charge on any atom is 0.305 e. The molecule has 1 aromatic carbocycles. The number of carbonyl (C=O) groups is 2. The Hall–Kier alpha value is -2.08. The minimum atomic E-state index is -0.922. The summed E-state index contributed by atoms with van der Waals surface area (Å²) in [6, 6.07) is 7.75. The number of hydrogen-bond donors (Lipinski definition) is 2. The highest BCUT2D eigenvalue weighted by Crippen LogP contribution is 2.23. The van der Waals surface area contributed by atoms with E-state index in [2.05, 4.69) is 5.32 Å². The highest BCUT2D eigenvalue weighted by Gasteiger charge is 2.38. The molecule has 1 saturated heterocycles. The lowest BCUT2D eigenvalue weighted by Crippen LogP contribution is -2.50. The van der Waals surface area contributed by atoms with Gasteiger partial charge in [0.05, 0.1) is 25.7 Å². The molecule has 23 heavy (non-hydrogen) atoms. The van der Waals surface area contributed by atoms with Gasteiger partial charge in [-0.1, -0.05) is 12.1 Å².